The molecule has 23 heavy (non-hydrogen) atoms. The summed E-state index contributed by atoms with van der Waals surface area (Å²) in [6.45, 7) is 2.08. The van der Waals surface area contributed by atoms with Gasteiger partial charge in [-0.15, -0.1) is 0 Å². The van der Waals surface area contributed by atoms with Crippen LogP contribution in [0.5, 0.6) is 0 Å². The van der Waals surface area contributed by atoms with Crippen molar-refractivity contribution in [1.82, 2.24) is 4.98 Å². The van der Waals surface area contributed by atoms with Gasteiger partial charge in [0.15, 0.2) is 0 Å². The molecule has 122 valence electrons. The fourth-order valence-corrected chi connectivity index (χ4v) is 2.34. The molecule has 0 unspecified atom stereocenters. The Morgan fingerprint density at radius 1 is 1.13 bits per heavy atom. The molecular weight excluding hydrogens is 318 g/mol. The summed E-state index contributed by atoms with van der Waals surface area (Å²) in [7, 11) is -3.32. The Bertz CT molecular complexity index is 771. The van der Waals surface area contributed by atoms with Gasteiger partial charge in [-0.25, -0.2) is 18.2 Å². The maximum atomic E-state index is 11.6. The molecule has 0 atom stereocenters. The standard InChI is InChI=1S/C15H17N3O4S/c1-3-22-15(19)11-4-6-12(7-5-11)17-14-9-8-13(10-16-14)18-23(2,20)21/h4-10,18H,3H2,1-2H3,(H,16,17). The molecule has 1 aromatic carbocycles. The Morgan fingerprint density at radius 2 is 1.78 bits per heavy atom. The fourth-order valence-electron chi connectivity index (χ4n) is 1.79. The summed E-state index contributed by atoms with van der Waals surface area (Å²) in [6, 6.07) is 10.0. The summed E-state index contributed by atoms with van der Waals surface area (Å²) in [4.78, 5) is 15.7. The molecule has 0 bridgehead atoms. The molecule has 0 saturated carbocycles. The first-order valence-corrected chi connectivity index (χ1v) is 8.74. The van der Waals surface area contributed by atoms with E-state index in [1.807, 2.05) is 0 Å². The number of carbonyl (C=O) groups is 1. The van der Waals surface area contributed by atoms with E-state index in [-0.39, 0.29) is 5.97 Å². The van der Waals surface area contributed by atoms with Crippen molar-refractivity contribution >= 4 is 33.2 Å². The largest absolute Gasteiger partial charge is 0.462 e. The van der Waals surface area contributed by atoms with Gasteiger partial charge in [0.25, 0.3) is 0 Å². The number of ether oxygens (including phenoxy) is 1. The molecular formula is C15H17N3O4S. The van der Waals surface area contributed by atoms with Crippen LogP contribution >= 0.6 is 0 Å². The van der Waals surface area contributed by atoms with Crippen LogP contribution in [0.4, 0.5) is 17.2 Å². The van der Waals surface area contributed by atoms with Gasteiger partial charge in [-0.05, 0) is 43.3 Å². The number of nitrogens with zero attached hydrogens (tertiary/aromatic N) is 1. The van der Waals surface area contributed by atoms with Gasteiger partial charge in [0.05, 0.1) is 30.3 Å². The fraction of sp³-hybridized carbons (Fsp3) is 0.200. The van der Waals surface area contributed by atoms with E-state index in [9.17, 15) is 13.2 Å². The molecule has 2 aromatic rings. The van der Waals surface area contributed by atoms with Crippen LogP contribution in [0.25, 0.3) is 0 Å². The molecule has 0 radical (unpaired) electrons. The van der Waals surface area contributed by atoms with Gasteiger partial charge in [0, 0.05) is 5.69 Å². The van der Waals surface area contributed by atoms with E-state index < -0.39 is 10.0 Å². The number of nitrogens with one attached hydrogen (secondary N) is 2. The van der Waals surface area contributed by atoms with E-state index in [1.165, 1.54) is 6.20 Å². The van der Waals surface area contributed by atoms with Gasteiger partial charge >= 0.3 is 5.97 Å². The number of hydrogen-bond acceptors (Lipinski definition) is 6. The zero-order valence-corrected chi connectivity index (χ0v) is 13.6. The zero-order valence-electron chi connectivity index (χ0n) is 12.7. The van der Waals surface area contributed by atoms with Crippen molar-refractivity contribution in [2.45, 2.75) is 6.92 Å². The minimum Gasteiger partial charge on any atom is -0.462 e. The molecule has 0 aliphatic heterocycles. The van der Waals surface area contributed by atoms with Gasteiger partial charge in [-0.2, -0.15) is 0 Å². The highest BCUT2D eigenvalue weighted by atomic mass is 32.2. The van der Waals surface area contributed by atoms with E-state index in [2.05, 4.69) is 15.0 Å². The molecule has 0 aliphatic carbocycles. The van der Waals surface area contributed by atoms with Crippen LogP contribution in [0.2, 0.25) is 0 Å². The third-order valence-electron chi connectivity index (χ3n) is 2.74. The van der Waals surface area contributed by atoms with Gasteiger partial charge in [-0.3, -0.25) is 4.72 Å². The lowest BCUT2D eigenvalue weighted by atomic mass is 10.2. The molecule has 0 spiro atoms. The van der Waals surface area contributed by atoms with E-state index in [0.717, 1.165) is 11.9 Å². The summed E-state index contributed by atoms with van der Waals surface area (Å²) in [5.41, 5.74) is 1.60. The Hall–Kier alpha value is -2.61. The lowest BCUT2D eigenvalue weighted by Gasteiger charge is -2.08. The predicted molar refractivity (Wildman–Crippen MR) is 88.4 cm³/mol. The van der Waals surface area contributed by atoms with Gasteiger partial charge in [0.1, 0.15) is 5.82 Å². The number of rotatable bonds is 6. The summed E-state index contributed by atoms with van der Waals surface area (Å²) < 4.78 is 29.5. The lowest BCUT2D eigenvalue weighted by Crippen LogP contribution is -2.09. The Kier molecular flexibility index (Phi) is 5.17. The van der Waals surface area contributed by atoms with Crippen LogP contribution in [0, 0.1) is 0 Å². The van der Waals surface area contributed by atoms with Crippen LogP contribution in [0.3, 0.4) is 0 Å². The molecule has 2 N–H and O–H groups in total. The number of carbonyl (C=O) groups excluding carboxylic acids is 1. The second-order valence-electron chi connectivity index (χ2n) is 4.73. The maximum absolute atomic E-state index is 11.6. The Labute approximate surface area is 134 Å². The molecule has 1 aromatic heterocycles. The van der Waals surface area contributed by atoms with Crippen molar-refractivity contribution in [2.24, 2.45) is 0 Å². The van der Waals surface area contributed by atoms with E-state index in [0.29, 0.717) is 23.7 Å². The SMILES string of the molecule is CCOC(=O)c1ccc(Nc2ccc(NS(C)(=O)=O)cn2)cc1. The average molecular weight is 335 g/mol. The van der Waals surface area contributed by atoms with Crippen molar-refractivity contribution in [3.05, 3.63) is 48.2 Å². The zero-order chi connectivity index (χ0) is 16.9. The average Bonchev–Trinajstić information content (AvgIpc) is 2.49. The summed E-state index contributed by atoms with van der Waals surface area (Å²) >= 11 is 0. The first-order chi connectivity index (χ1) is 10.9. The van der Waals surface area contributed by atoms with Crippen LogP contribution in [-0.2, 0) is 14.8 Å². The molecule has 0 fully saturated rings. The quantitative estimate of drug-likeness (QED) is 0.787. The van der Waals surface area contributed by atoms with Gasteiger partial charge in [-0.1, -0.05) is 0 Å². The monoisotopic (exact) mass is 335 g/mol. The summed E-state index contributed by atoms with van der Waals surface area (Å²) in [5, 5.41) is 3.05. The molecule has 2 rings (SSSR count). The van der Waals surface area contributed by atoms with Crippen molar-refractivity contribution < 1.29 is 17.9 Å². The van der Waals surface area contributed by atoms with Crippen LogP contribution in [0.15, 0.2) is 42.6 Å². The molecule has 0 amide bonds. The first kappa shape index (κ1) is 16.8. The normalized spacial score (nSPS) is 10.9. The van der Waals surface area contributed by atoms with E-state index >= 15 is 0 Å². The van der Waals surface area contributed by atoms with Gasteiger partial charge < -0.3 is 10.1 Å². The molecule has 8 heteroatoms. The highest BCUT2D eigenvalue weighted by Crippen LogP contribution is 2.17. The van der Waals surface area contributed by atoms with Crippen molar-refractivity contribution in [2.75, 3.05) is 22.9 Å². The van der Waals surface area contributed by atoms with Crippen LogP contribution in [-0.4, -0.2) is 32.2 Å². The molecule has 0 saturated heterocycles. The maximum Gasteiger partial charge on any atom is 0.338 e. The van der Waals surface area contributed by atoms with Crippen molar-refractivity contribution in [3.63, 3.8) is 0 Å². The van der Waals surface area contributed by atoms with Crippen molar-refractivity contribution in [1.29, 1.82) is 0 Å². The lowest BCUT2D eigenvalue weighted by molar-refractivity contribution is 0.0526. The number of anilines is 3. The third kappa shape index (κ3) is 5.26. The second-order valence-corrected chi connectivity index (χ2v) is 6.48. The summed E-state index contributed by atoms with van der Waals surface area (Å²) in [6.07, 6.45) is 2.49. The number of pyridine rings is 1. The third-order valence-corrected chi connectivity index (χ3v) is 3.34. The Morgan fingerprint density at radius 3 is 2.30 bits per heavy atom. The number of sulfonamides is 1. The molecule has 1 heterocycles. The van der Waals surface area contributed by atoms with Crippen LogP contribution in [0.1, 0.15) is 17.3 Å². The predicted octanol–water partition coefficient (Wildman–Crippen LogP) is 2.37. The highest BCUT2D eigenvalue weighted by Gasteiger charge is 2.06. The van der Waals surface area contributed by atoms with E-state index in [4.69, 9.17) is 4.74 Å². The van der Waals surface area contributed by atoms with Crippen LogP contribution < -0.4 is 10.0 Å². The smallest absolute Gasteiger partial charge is 0.338 e. The van der Waals surface area contributed by atoms with Crippen molar-refractivity contribution in [3.8, 4) is 0 Å². The minimum absolute atomic E-state index is 0.330. The second kappa shape index (κ2) is 7.10. The number of esters is 1. The minimum atomic E-state index is -3.32. The number of benzene rings is 1. The summed E-state index contributed by atoms with van der Waals surface area (Å²) in [5.74, 6) is 0.182. The number of hydrogen-bond donors (Lipinski definition) is 2. The molecule has 7 nitrogen and oxygen atoms in total. The molecule has 0 aliphatic rings. The number of aromatic nitrogens is 1. The Balaban J connectivity index is 2.03. The van der Waals surface area contributed by atoms with Gasteiger partial charge in [0.2, 0.25) is 10.0 Å². The first-order valence-electron chi connectivity index (χ1n) is 6.85. The van der Waals surface area contributed by atoms with E-state index in [1.54, 1.807) is 43.3 Å². The topological polar surface area (TPSA) is 97.4 Å². The highest BCUT2D eigenvalue weighted by molar-refractivity contribution is 7.92.